The maximum Gasteiger partial charge on any atom is 0.214 e. The third-order valence-corrected chi connectivity index (χ3v) is 4.54. The van der Waals surface area contributed by atoms with Crippen LogP contribution in [-0.2, 0) is 17.7 Å². The smallest absolute Gasteiger partial charge is 0.214 e. The number of hydrogen-bond acceptors (Lipinski definition) is 5. The summed E-state index contributed by atoms with van der Waals surface area (Å²) in [6.45, 7) is 12.6. The van der Waals surface area contributed by atoms with Gasteiger partial charge in [0.15, 0.2) is 0 Å². The molecule has 2 aliphatic heterocycles. The molecule has 5 nitrogen and oxygen atoms in total. The number of methoxy groups -OCH3 is 1. The van der Waals surface area contributed by atoms with Crippen molar-refractivity contribution in [3.8, 4) is 0 Å². The Kier molecular flexibility index (Phi) is 6.04. The van der Waals surface area contributed by atoms with Crippen molar-refractivity contribution >= 4 is 17.6 Å². The molecule has 2 N–H and O–H groups in total. The zero-order valence-corrected chi connectivity index (χ0v) is 16.0. The van der Waals surface area contributed by atoms with E-state index in [1.807, 2.05) is 13.0 Å². The molecule has 27 heavy (non-hydrogen) atoms. The van der Waals surface area contributed by atoms with E-state index in [1.165, 1.54) is 11.1 Å². The van der Waals surface area contributed by atoms with Gasteiger partial charge < -0.3 is 15.4 Å². The first-order chi connectivity index (χ1) is 13.1. The molecule has 2 heterocycles. The molecule has 0 amide bonds. The highest BCUT2D eigenvalue weighted by molar-refractivity contribution is 6.07. The Bertz CT molecular complexity index is 874. The van der Waals surface area contributed by atoms with E-state index in [4.69, 9.17) is 4.74 Å². The molecule has 1 aromatic carbocycles. The highest BCUT2D eigenvalue weighted by Gasteiger charge is 2.14. The molecule has 0 atom stereocenters. The molecule has 5 heteroatoms. The summed E-state index contributed by atoms with van der Waals surface area (Å²) in [5, 5.41) is 6.86. The van der Waals surface area contributed by atoms with Gasteiger partial charge in [-0.3, -0.25) is 4.99 Å². The van der Waals surface area contributed by atoms with Crippen molar-refractivity contribution in [3.63, 3.8) is 0 Å². The van der Waals surface area contributed by atoms with Crippen LogP contribution in [0.3, 0.4) is 0 Å². The van der Waals surface area contributed by atoms with Crippen LogP contribution in [0.2, 0.25) is 0 Å². The molecule has 0 bridgehead atoms. The lowest BCUT2D eigenvalue weighted by Crippen LogP contribution is -2.24. The van der Waals surface area contributed by atoms with Crippen LogP contribution in [0.25, 0.3) is 0 Å². The summed E-state index contributed by atoms with van der Waals surface area (Å²) in [6, 6.07) is 6.34. The minimum absolute atomic E-state index is 0.474. The SMILES string of the molecule is C=C(/C=C(\C(=C)C)C1=NC(OC)=CC=NC1)Nc1cccc2c1CCNC2. The lowest BCUT2D eigenvalue weighted by molar-refractivity contribution is 0.289. The van der Waals surface area contributed by atoms with Gasteiger partial charge in [0.25, 0.3) is 0 Å². The summed E-state index contributed by atoms with van der Waals surface area (Å²) in [6.07, 6.45) is 6.45. The van der Waals surface area contributed by atoms with Crippen LogP contribution in [0.4, 0.5) is 5.69 Å². The van der Waals surface area contributed by atoms with Gasteiger partial charge in [-0.05, 0) is 48.7 Å². The minimum Gasteiger partial charge on any atom is -0.481 e. The molecule has 2 aliphatic rings. The third-order valence-electron chi connectivity index (χ3n) is 4.54. The van der Waals surface area contributed by atoms with E-state index in [2.05, 4.69) is 52.0 Å². The summed E-state index contributed by atoms with van der Waals surface area (Å²) in [4.78, 5) is 8.92. The minimum atomic E-state index is 0.474. The Morgan fingerprint density at radius 2 is 2.19 bits per heavy atom. The van der Waals surface area contributed by atoms with Crippen LogP contribution >= 0.6 is 0 Å². The quantitative estimate of drug-likeness (QED) is 0.757. The Morgan fingerprint density at radius 1 is 1.33 bits per heavy atom. The molecular weight excluding hydrogens is 336 g/mol. The standard InChI is InChI=1S/C22H26N4O/c1-15(2)19(21-14-24-11-9-22(26-21)27-4)12-16(3)25-20-7-5-6-17-13-23-10-8-18(17)20/h5-7,9,11-12,23,25H,1,3,8,10,13-14H2,2,4H3/b19-12+. The number of hydrogen-bond donors (Lipinski definition) is 2. The van der Waals surface area contributed by atoms with Gasteiger partial charge >= 0.3 is 0 Å². The molecule has 0 radical (unpaired) electrons. The summed E-state index contributed by atoms with van der Waals surface area (Å²) in [7, 11) is 1.60. The predicted molar refractivity (Wildman–Crippen MR) is 113 cm³/mol. The van der Waals surface area contributed by atoms with Gasteiger partial charge in [-0.1, -0.05) is 25.3 Å². The maximum absolute atomic E-state index is 5.28. The summed E-state index contributed by atoms with van der Waals surface area (Å²) in [5.41, 5.74) is 7.22. The van der Waals surface area contributed by atoms with Crippen LogP contribution in [0.1, 0.15) is 18.1 Å². The fraction of sp³-hybridized carbons (Fsp3) is 0.273. The molecular formula is C22H26N4O. The number of aliphatic imine (C=N–C) groups is 2. The van der Waals surface area contributed by atoms with Gasteiger partial charge in [-0.25, -0.2) is 4.99 Å². The number of rotatable bonds is 6. The summed E-state index contributed by atoms with van der Waals surface area (Å²) < 4.78 is 5.28. The lowest BCUT2D eigenvalue weighted by Gasteiger charge is -2.21. The van der Waals surface area contributed by atoms with Gasteiger partial charge in [0, 0.05) is 35.8 Å². The molecule has 140 valence electrons. The van der Waals surface area contributed by atoms with Gasteiger partial charge in [0.1, 0.15) is 0 Å². The average Bonchev–Trinajstić information content (AvgIpc) is 2.92. The van der Waals surface area contributed by atoms with Crippen molar-refractivity contribution in [3.05, 3.63) is 77.4 Å². The van der Waals surface area contributed by atoms with E-state index in [1.54, 1.807) is 19.4 Å². The Hall–Kier alpha value is -2.92. The van der Waals surface area contributed by atoms with Crippen molar-refractivity contribution in [2.75, 3.05) is 25.5 Å². The molecule has 1 aromatic rings. The van der Waals surface area contributed by atoms with Crippen molar-refractivity contribution in [2.45, 2.75) is 19.9 Å². The highest BCUT2D eigenvalue weighted by atomic mass is 16.5. The number of benzene rings is 1. The van der Waals surface area contributed by atoms with Crippen molar-refractivity contribution in [2.24, 2.45) is 9.98 Å². The van der Waals surface area contributed by atoms with Crippen molar-refractivity contribution in [1.82, 2.24) is 5.32 Å². The molecule has 0 saturated carbocycles. The number of ether oxygens (including phenoxy) is 1. The molecule has 0 unspecified atom stereocenters. The van der Waals surface area contributed by atoms with E-state index < -0.39 is 0 Å². The maximum atomic E-state index is 5.28. The zero-order chi connectivity index (χ0) is 19.2. The second kappa shape index (κ2) is 8.64. The fourth-order valence-corrected chi connectivity index (χ4v) is 3.21. The number of allylic oxidation sites excluding steroid dienone is 3. The Labute approximate surface area is 161 Å². The van der Waals surface area contributed by atoms with Crippen LogP contribution in [-0.4, -0.2) is 32.1 Å². The van der Waals surface area contributed by atoms with Crippen molar-refractivity contribution in [1.29, 1.82) is 0 Å². The first-order valence-corrected chi connectivity index (χ1v) is 9.05. The van der Waals surface area contributed by atoms with Crippen LogP contribution in [0.5, 0.6) is 0 Å². The van der Waals surface area contributed by atoms with E-state index >= 15 is 0 Å². The van der Waals surface area contributed by atoms with Gasteiger partial charge in [-0.2, -0.15) is 0 Å². The summed E-state index contributed by atoms with van der Waals surface area (Å²) in [5.74, 6) is 0.529. The van der Waals surface area contributed by atoms with Crippen LogP contribution in [0, 0.1) is 0 Å². The molecule has 0 saturated heterocycles. The first kappa shape index (κ1) is 18.9. The monoisotopic (exact) mass is 362 g/mol. The highest BCUT2D eigenvalue weighted by Crippen LogP contribution is 2.25. The van der Waals surface area contributed by atoms with Crippen LogP contribution < -0.4 is 10.6 Å². The number of anilines is 1. The van der Waals surface area contributed by atoms with E-state index in [0.29, 0.717) is 12.4 Å². The normalized spacial score (nSPS) is 16.6. The third kappa shape index (κ3) is 4.63. The van der Waals surface area contributed by atoms with Gasteiger partial charge in [0.2, 0.25) is 5.88 Å². The summed E-state index contributed by atoms with van der Waals surface area (Å²) >= 11 is 0. The average molecular weight is 362 g/mol. The van der Waals surface area contributed by atoms with Gasteiger partial charge in [-0.15, -0.1) is 0 Å². The second-order valence-electron chi connectivity index (χ2n) is 6.62. The van der Waals surface area contributed by atoms with Crippen LogP contribution in [0.15, 0.2) is 76.2 Å². The lowest BCUT2D eigenvalue weighted by atomic mass is 9.98. The second-order valence-corrected chi connectivity index (χ2v) is 6.62. The Balaban J connectivity index is 1.86. The van der Waals surface area contributed by atoms with E-state index in [9.17, 15) is 0 Å². The molecule has 0 fully saturated rings. The van der Waals surface area contributed by atoms with E-state index in [-0.39, 0.29) is 0 Å². The topological polar surface area (TPSA) is 58.0 Å². The predicted octanol–water partition coefficient (Wildman–Crippen LogP) is 3.77. The number of nitrogens with zero attached hydrogens (tertiary/aromatic N) is 2. The van der Waals surface area contributed by atoms with E-state index in [0.717, 1.165) is 47.8 Å². The van der Waals surface area contributed by atoms with Gasteiger partial charge in [0.05, 0.1) is 19.4 Å². The molecule has 0 aromatic heterocycles. The number of nitrogens with one attached hydrogen (secondary N) is 2. The fourth-order valence-electron chi connectivity index (χ4n) is 3.21. The number of fused-ring (bicyclic) bond motifs is 1. The molecule has 0 aliphatic carbocycles. The molecule has 0 spiro atoms. The first-order valence-electron chi connectivity index (χ1n) is 9.05. The van der Waals surface area contributed by atoms with Crippen molar-refractivity contribution < 1.29 is 4.74 Å². The molecule has 3 rings (SSSR count). The zero-order valence-electron chi connectivity index (χ0n) is 16.0. The Morgan fingerprint density at radius 3 is 2.96 bits per heavy atom. The largest absolute Gasteiger partial charge is 0.481 e.